The van der Waals surface area contributed by atoms with Gasteiger partial charge in [-0.05, 0) is 41.9 Å². The summed E-state index contributed by atoms with van der Waals surface area (Å²) in [5.74, 6) is 0.919. The van der Waals surface area contributed by atoms with Crippen molar-refractivity contribution in [1.29, 1.82) is 0 Å². The van der Waals surface area contributed by atoms with Crippen molar-refractivity contribution in [3.05, 3.63) is 71.3 Å². The van der Waals surface area contributed by atoms with Crippen LogP contribution in [-0.2, 0) is 4.79 Å². The largest absolute Gasteiger partial charge is 0.273 e. The fourth-order valence-corrected chi connectivity index (χ4v) is 2.95. The Morgan fingerprint density at radius 3 is 2.38 bits per heavy atom. The van der Waals surface area contributed by atoms with Crippen molar-refractivity contribution in [2.45, 2.75) is 39.0 Å². The molecule has 2 aromatic carbocycles. The fourth-order valence-electron chi connectivity index (χ4n) is 2.95. The molecule has 124 valence electrons. The smallest absolute Gasteiger partial charge is 0.243 e. The van der Waals surface area contributed by atoms with Crippen LogP contribution in [-0.4, -0.2) is 11.6 Å². The summed E-state index contributed by atoms with van der Waals surface area (Å²) >= 11 is 0. The molecule has 2 atom stereocenters. The van der Waals surface area contributed by atoms with Crippen LogP contribution < -0.4 is 5.43 Å². The van der Waals surface area contributed by atoms with Gasteiger partial charge in [-0.25, -0.2) is 5.43 Å². The lowest BCUT2D eigenvalue weighted by molar-refractivity contribution is -0.122. The Hall–Kier alpha value is -2.42. The van der Waals surface area contributed by atoms with Crippen LogP contribution in [0.25, 0.3) is 0 Å². The second kappa shape index (κ2) is 7.00. The van der Waals surface area contributed by atoms with Gasteiger partial charge in [0, 0.05) is 5.92 Å². The van der Waals surface area contributed by atoms with Crippen molar-refractivity contribution in [2.75, 3.05) is 0 Å². The summed E-state index contributed by atoms with van der Waals surface area (Å²) in [5.41, 5.74) is 7.14. The van der Waals surface area contributed by atoms with Crippen molar-refractivity contribution in [3.8, 4) is 0 Å². The molecule has 0 bridgehead atoms. The molecule has 0 spiro atoms. The quantitative estimate of drug-likeness (QED) is 0.641. The molecule has 0 heterocycles. The Kier molecular flexibility index (Phi) is 4.79. The molecular formula is C21H24N2O. The number of carbonyl (C=O) groups is 1. The van der Waals surface area contributed by atoms with Crippen molar-refractivity contribution in [1.82, 2.24) is 5.43 Å². The summed E-state index contributed by atoms with van der Waals surface area (Å²) in [6.45, 7) is 6.27. The van der Waals surface area contributed by atoms with Crippen LogP contribution in [0.4, 0.5) is 0 Å². The van der Waals surface area contributed by atoms with E-state index in [1.54, 1.807) is 0 Å². The molecule has 1 amide bonds. The minimum absolute atomic E-state index is 0.0157. The molecule has 0 saturated heterocycles. The Labute approximate surface area is 143 Å². The average Bonchev–Trinajstić information content (AvgIpc) is 3.41. The standard InChI is InChI=1S/C21H24N2O/c1-14(2)16-9-11-17(12-10-16)15(3)22-23-21(24)20-13-19(20)18-7-5-4-6-8-18/h4-12,14,19-20H,13H2,1-3H3,(H,23,24). The van der Waals surface area contributed by atoms with Crippen LogP contribution in [0.1, 0.15) is 55.7 Å². The number of amides is 1. The van der Waals surface area contributed by atoms with Crippen LogP contribution >= 0.6 is 0 Å². The monoisotopic (exact) mass is 320 g/mol. The van der Waals surface area contributed by atoms with Crippen molar-refractivity contribution in [2.24, 2.45) is 11.0 Å². The van der Waals surface area contributed by atoms with Gasteiger partial charge in [-0.3, -0.25) is 4.79 Å². The number of nitrogens with one attached hydrogen (secondary N) is 1. The van der Waals surface area contributed by atoms with Crippen molar-refractivity contribution < 1.29 is 4.79 Å². The average molecular weight is 320 g/mol. The van der Waals surface area contributed by atoms with Crippen LogP contribution in [0.15, 0.2) is 59.7 Å². The predicted molar refractivity (Wildman–Crippen MR) is 98.2 cm³/mol. The van der Waals surface area contributed by atoms with Crippen LogP contribution in [0.2, 0.25) is 0 Å². The highest BCUT2D eigenvalue weighted by molar-refractivity contribution is 5.99. The first-order chi connectivity index (χ1) is 11.6. The van der Waals surface area contributed by atoms with Gasteiger partial charge >= 0.3 is 0 Å². The number of carbonyl (C=O) groups excluding carboxylic acids is 1. The van der Waals surface area contributed by atoms with E-state index in [0.717, 1.165) is 17.7 Å². The number of rotatable bonds is 5. The third kappa shape index (κ3) is 3.73. The van der Waals surface area contributed by atoms with E-state index in [0.29, 0.717) is 11.8 Å². The van der Waals surface area contributed by atoms with Gasteiger partial charge < -0.3 is 0 Å². The Morgan fingerprint density at radius 2 is 1.75 bits per heavy atom. The topological polar surface area (TPSA) is 41.5 Å². The predicted octanol–water partition coefficient (Wildman–Crippen LogP) is 4.45. The lowest BCUT2D eigenvalue weighted by Gasteiger charge is -2.07. The summed E-state index contributed by atoms with van der Waals surface area (Å²) in [6, 6.07) is 18.6. The van der Waals surface area contributed by atoms with Gasteiger partial charge in [-0.1, -0.05) is 68.4 Å². The van der Waals surface area contributed by atoms with E-state index in [-0.39, 0.29) is 11.8 Å². The molecule has 0 radical (unpaired) electrons. The normalized spacial score (nSPS) is 20.1. The maximum atomic E-state index is 12.3. The highest BCUT2D eigenvalue weighted by Gasteiger charge is 2.43. The van der Waals surface area contributed by atoms with E-state index in [2.05, 4.69) is 60.8 Å². The molecule has 1 saturated carbocycles. The molecule has 0 aromatic heterocycles. The SMILES string of the molecule is CC(=NNC(=O)C1CC1c1ccccc1)c1ccc(C(C)C)cc1. The van der Waals surface area contributed by atoms with Crippen LogP contribution in [0.5, 0.6) is 0 Å². The molecule has 24 heavy (non-hydrogen) atoms. The van der Waals surface area contributed by atoms with Gasteiger partial charge in [-0.15, -0.1) is 0 Å². The number of hydrogen-bond donors (Lipinski definition) is 1. The van der Waals surface area contributed by atoms with E-state index >= 15 is 0 Å². The summed E-state index contributed by atoms with van der Waals surface area (Å²) in [7, 11) is 0. The summed E-state index contributed by atoms with van der Waals surface area (Å²) in [6.07, 6.45) is 0.910. The highest BCUT2D eigenvalue weighted by Crippen LogP contribution is 2.47. The summed E-state index contributed by atoms with van der Waals surface area (Å²) < 4.78 is 0. The number of hydrazone groups is 1. The first kappa shape index (κ1) is 16.4. The van der Waals surface area contributed by atoms with Gasteiger partial charge in [0.05, 0.1) is 5.71 Å². The second-order valence-electron chi connectivity index (χ2n) is 6.81. The van der Waals surface area contributed by atoms with Gasteiger partial charge in [0.2, 0.25) is 5.91 Å². The molecule has 2 unspecified atom stereocenters. The van der Waals surface area contributed by atoms with E-state index in [9.17, 15) is 4.79 Å². The van der Waals surface area contributed by atoms with E-state index in [1.807, 2.05) is 25.1 Å². The minimum atomic E-state index is 0.0157. The van der Waals surface area contributed by atoms with Gasteiger partial charge in [0.1, 0.15) is 0 Å². The van der Waals surface area contributed by atoms with Gasteiger partial charge in [-0.2, -0.15) is 5.10 Å². The molecule has 1 aliphatic carbocycles. The molecular weight excluding hydrogens is 296 g/mol. The lowest BCUT2D eigenvalue weighted by atomic mass is 10.0. The zero-order valence-electron chi connectivity index (χ0n) is 14.5. The minimum Gasteiger partial charge on any atom is -0.273 e. The maximum absolute atomic E-state index is 12.3. The molecule has 1 N–H and O–H groups in total. The zero-order chi connectivity index (χ0) is 17.1. The Morgan fingerprint density at radius 1 is 1.08 bits per heavy atom. The van der Waals surface area contributed by atoms with Crippen molar-refractivity contribution >= 4 is 11.6 Å². The molecule has 3 rings (SSSR count). The lowest BCUT2D eigenvalue weighted by Crippen LogP contribution is -2.21. The molecule has 2 aromatic rings. The first-order valence-corrected chi connectivity index (χ1v) is 8.55. The molecule has 0 aliphatic heterocycles. The molecule has 1 aliphatic rings. The second-order valence-corrected chi connectivity index (χ2v) is 6.81. The van der Waals surface area contributed by atoms with Crippen molar-refractivity contribution in [3.63, 3.8) is 0 Å². The number of hydrogen-bond acceptors (Lipinski definition) is 2. The third-order valence-electron chi connectivity index (χ3n) is 4.68. The molecule has 3 nitrogen and oxygen atoms in total. The summed E-state index contributed by atoms with van der Waals surface area (Å²) in [4.78, 5) is 12.3. The zero-order valence-corrected chi connectivity index (χ0v) is 14.5. The van der Waals surface area contributed by atoms with Crippen LogP contribution in [0, 0.1) is 5.92 Å². The molecule has 3 heteroatoms. The van der Waals surface area contributed by atoms with Crippen LogP contribution in [0.3, 0.4) is 0 Å². The Balaban J connectivity index is 1.58. The van der Waals surface area contributed by atoms with Gasteiger partial charge in [0.15, 0.2) is 0 Å². The highest BCUT2D eigenvalue weighted by atomic mass is 16.2. The Bertz CT molecular complexity index is 732. The van der Waals surface area contributed by atoms with E-state index in [1.165, 1.54) is 11.1 Å². The van der Waals surface area contributed by atoms with Gasteiger partial charge in [0.25, 0.3) is 0 Å². The third-order valence-corrected chi connectivity index (χ3v) is 4.68. The van der Waals surface area contributed by atoms with E-state index in [4.69, 9.17) is 0 Å². The first-order valence-electron chi connectivity index (χ1n) is 8.55. The number of nitrogens with zero attached hydrogens (tertiary/aromatic N) is 1. The maximum Gasteiger partial charge on any atom is 0.243 e. The fraction of sp³-hybridized carbons (Fsp3) is 0.333. The summed E-state index contributed by atoms with van der Waals surface area (Å²) in [5, 5.41) is 4.28. The molecule has 1 fully saturated rings. The number of benzene rings is 2. The van der Waals surface area contributed by atoms with E-state index < -0.39 is 0 Å².